The van der Waals surface area contributed by atoms with Crippen LogP contribution in [-0.2, 0) is 14.8 Å². The number of sulfonamides is 1. The Balaban J connectivity index is 2.65. The smallest absolute Gasteiger partial charge is 0.240 e. The largest absolute Gasteiger partial charge is 0.373 e. The fraction of sp³-hybridized carbons (Fsp3) is 0.400. The Morgan fingerprint density at radius 1 is 1.50 bits per heavy atom. The molecule has 0 atom stereocenters. The number of carbonyl (C=O) groups excluding carboxylic acids is 1. The van der Waals surface area contributed by atoms with Gasteiger partial charge in [-0.2, -0.15) is 0 Å². The van der Waals surface area contributed by atoms with Crippen molar-refractivity contribution in [3.05, 3.63) is 18.3 Å². The van der Waals surface area contributed by atoms with Gasteiger partial charge in [-0.25, -0.2) is 18.1 Å². The minimum absolute atomic E-state index is 0.126. The number of rotatable bonds is 7. The molecule has 0 aliphatic carbocycles. The van der Waals surface area contributed by atoms with E-state index in [2.05, 4.69) is 15.0 Å². The molecule has 1 heterocycles. The molecule has 0 fully saturated rings. The number of hydrogen-bond acceptors (Lipinski definition) is 5. The van der Waals surface area contributed by atoms with Crippen molar-refractivity contribution in [2.45, 2.75) is 17.7 Å². The van der Waals surface area contributed by atoms with Crippen molar-refractivity contribution in [2.75, 3.05) is 18.9 Å². The number of nitrogens with two attached hydrogens (primary N) is 1. The lowest BCUT2D eigenvalue weighted by Crippen LogP contribution is -2.26. The third kappa shape index (κ3) is 4.30. The third-order valence-electron chi connectivity index (χ3n) is 2.19. The summed E-state index contributed by atoms with van der Waals surface area (Å²) in [7, 11) is -1.92. The van der Waals surface area contributed by atoms with E-state index in [4.69, 9.17) is 5.73 Å². The Kier molecular flexibility index (Phi) is 5.05. The quantitative estimate of drug-likeness (QED) is 0.588. The molecule has 0 bridgehead atoms. The summed E-state index contributed by atoms with van der Waals surface area (Å²) in [6.45, 7) is 0.169. The van der Waals surface area contributed by atoms with E-state index < -0.39 is 15.9 Å². The molecule has 7 nitrogen and oxygen atoms in total. The lowest BCUT2D eigenvalue weighted by atomic mass is 10.3. The Labute approximate surface area is 106 Å². The molecule has 1 aromatic heterocycles. The van der Waals surface area contributed by atoms with E-state index in [0.717, 1.165) is 0 Å². The van der Waals surface area contributed by atoms with Gasteiger partial charge in [-0.05, 0) is 12.5 Å². The van der Waals surface area contributed by atoms with Crippen LogP contribution >= 0.6 is 0 Å². The predicted octanol–water partition coefficient (Wildman–Crippen LogP) is -0.333. The third-order valence-corrected chi connectivity index (χ3v) is 3.65. The summed E-state index contributed by atoms with van der Waals surface area (Å²) >= 11 is 0. The average molecular weight is 272 g/mol. The van der Waals surface area contributed by atoms with E-state index in [-0.39, 0.29) is 17.9 Å². The van der Waals surface area contributed by atoms with Gasteiger partial charge >= 0.3 is 0 Å². The molecule has 4 N–H and O–H groups in total. The molecule has 0 saturated carbocycles. The van der Waals surface area contributed by atoms with Crippen molar-refractivity contribution in [1.82, 2.24) is 9.71 Å². The molecular weight excluding hydrogens is 256 g/mol. The predicted molar refractivity (Wildman–Crippen MR) is 67.4 cm³/mol. The summed E-state index contributed by atoms with van der Waals surface area (Å²) in [5, 5.41) is 2.76. The number of anilines is 1. The highest BCUT2D eigenvalue weighted by Gasteiger charge is 2.13. The van der Waals surface area contributed by atoms with Gasteiger partial charge in [0.2, 0.25) is 15.9 Å². The molecule has 0 aliphatic rings. The summed E-state index contributed by atoms with van der Waals surface area (Å²) in [6.07, 6.45) is 1.93. The van der Waals surface area contributed by atoms with Gasteiger partial charge < -0.3 is 11.1 Å². The van der Waals surface area contributed by atoms with E-state index >= 15 is 0 Å². The van der Waals surface area contributed by atoms with Gasteiger partial charge in [-0.1, -0.05) is 0 Å². The second-order valence-corrected chi connectivity index (χ2v) is 5.36. The van der Waals surface area contributed by atoms with Gasteiger partial charge in [0.25, 0.3) is 0 Å². The van der Waals surface area contributed by atoms with E-state index in [1.165, 1.54) is 18.3 Å². The van der Waals surface area contributed by atoms with Crippen LogP contribution in [0.2, 0.25) is 0 Å². The van der Waals surface area contributed by atoms with Crippen molar-refractivity contribution >= 4 is 21.7 Å². The summed E-state index contributed by atoms with van der Waals surface area (Å²) in [4.78, 5) is 14.6. The minimum Gasteiger partial charge on any atom is -0.373 e. The molecule has 0 aromatic carbocycles. The molecule has 0 spiro atoms. The lowest BCUT2D eigenvalue weighted by molar-refractivity contribution is -0.118. The zero-order valence-corrected chi connectivity index (χ0v) is 10.8. The standard InChI is InChI=1S/C10H16N4O3S/c1-12-10-7-8(4-6-13-10)18(16,17)14-5-2-3-9(11)15/h4,6-7,14H,2-3,5H2,1H3,(H2,11,15)(H,12,13). The van der Waals surface area contributed by atoms with Crippen LogP contribution in [0.15, 0.2) is 23.2 Å². The van der Waals surface area contributed by atoms with Crippen molar-refractivity contribution in [3.8, 4) is 0 Å². The summed E-state index contributed by atoms with van der Waals surface area (Å²) in [5.74, 6) is 0.0191. The van der Waals surface area contributed by atoms with Crippen molar-refractivity contribution < 1.29 is 13.2 Å². The number of nitrogens with one attached hydrogen (secondary N) is 2. The molecule has 1 amide bonds. The Morgan fingerprint density at radius 2 is 2.22 bits per heavy atom. The first-order chi connectivity index (χ1) is 8.45. The average Bonchev–Trinajstić information content (AvgIpc) is 2.34. The van der Waals surface area contributed by atoms with E-state index in [9.17, 15) is 13.2 Å². The highest BCUT2D eigenvalue weighted by Crippen LogP contribution is 2.11. The molecule has 0 saturated heterocycles. The van der Waals surface area contributed by atoms with Crippen LogP contribution in [0, 0.1) is 0 Å². The number of primary amides is 1. The van der Waals surface area contributed by atoms with Crippen molar-refractivity contribution in [2.24, 2.45) is 5.73 Å². The first kappa shape index (κ1) is 14.4. The maximum absolute atomic E-state index is 11.9. The van der Waals surface area contributed by atoms with E-state index in [0.29, 0.717) is 12.2 Å². The zero-order chi connectivity index (χ0) is 13.6. The van der Waals surface area contributed by atoms with Crippen molar-refractivity contribution in [1.29, 1.82) is 0 Å². The number of pyridine rings is 1. The highest BCUT2D eigenvalue weighted by molar-refractivity contribution is 7.89. The number of amides is 1. The maximum atomic E-state index is 11.9. The van der Waals surface area contributed by atoms with Crippen LogP contribution in [0.25, 0.3) is 0 Å². The first-order valence-electron chi connectivity index (χ1n) is 5.37. The first-order valence-corrected chi connectivity index (χ1v) is 6.86. The monoisotopic (exact) mass is 272 g/mol. The van der Waals surface area contributed by atoms with Gasteiger partial charge in [0.1, 0.15) is 5.82 Å². The van der Waals surface area contributed by atoms with Gasteiger partial charge in [-0.15, -0.1) is 0 Å². The number of aromatic nitrogens is 1. The Morgan fingerprint density at radius 3 is 2.83 bits per heavy atom. The van der Waals surface area contributed by atoms with E-state index in [1.54, 1.807) is 7.05 Å². The van der Waals surface area contributed by atoms with Crippen LogP contribution in [0.5, 0.6) is 0 Å². The fourth-order valence-corrected chi connectivity index (χ4v) is 2.35. The molecule has 100 valence electrons. The van der Waals surface area contributed by atoms with Gasteiger partial charge in [0.15, 0.2) is 0 Å². The molecule has 0 radical (unpaired) electrons. The van der Waals surface area contributed by atoms with Gasteiger partial charge in [-0.3, -0.25) is 4.79 Å². The van der Waals surface area contributed by atoms with Gasteiger partial charge in [0.05, 0.1) is 4.90 Å². The van der Waals surface area contributed by atoms with Crippen LogP contribution in [0.1, 0.15) is 12.8 Å². The van der Waals surface area contributed by atoms with Crippen LogP contribution in [0.3, 0.4) is 0 Å². The number of nitrogens with zero attached hydrogens (tertiary/aromatic N) is 1. The summed E-state index contributed by atoms with van der Waals surface area (Å²) in [5.41, 5.74) is 4.96. The second-order valence-electron chi connectivity index (χ2n) is 3.59. The molecule has 0 unspecified atom stereocenters. The van der Waals surface area contributed by atoms with Crippen LogP contribution in [-0.4, -0.2) is 32.9 Å². The van der Waals surface area contributed by atoms with Crippen molar-refractivity contribution in [3.63, 3.8) is 0 Å². The topological polar surface area (TPSA) is 114 Å². The summed E-state index contributed by atoms with van der Waals surface area (Å²) in [6, 6.07) is 2.83. The maximum Gasteiger partial charge on any atom is 0.240 e. The Hall–Kier alpha value is -1.67. The lowest BCUT2D eigenvalue weighted by Gasteiger charge is -2.07. The van der Waals surface area contributed by atoms with Crippen LogP contribution in [0.4, 0.5) is 5.82 Å². The van der Waals surface area contributed by atoms with Crippen LogP contribution < -0.4 is 15.8 Å². The molecule has 0 aliphatic heterocycles. The molecule has 1 aromatic rings. The molecule has 8 heteroatoms. The molecular formula is C10H16N4O3S. The number of hydrogen-bond donors (Lipinski definition) is 3. The highest BCUT2D eigenvalue weighted by atomic mass is 32.2. The minimum atomic E-state index is -3.57. The summed E-state index contributed by atoms with van der Waals surface area (Å²) < 4.78 is 26.1. The number of carbonyl (C=O) groups is 1. The Bertz CT molecular complexity index is 516. The SMILES string of the molecule is CNc1cc(S(=O)(=O)NCCCC(N)=O)ccn1. The zero-order valence-electron chi connectivity index (χ0n) is 10.0. The molecule has 1 rings (SSSR count). The molecule has 18 heavy (non-hydrogen) atoms. The van der Waals surface area contributed by atoms with E-state index in [1.807, 2.05) is 0 Å². The second kappa shape index (κ2) is 6.31. The van der Waals surface area contributed by atoms with Gasteiger partial charge in [0, 0.05) is 32.3 Å². The fourth-order valence-electron chi connectivity index (χ4n) is 1.27. The normalized spacial score (nSPS) is 11.2.